The molecule has 0 heterocycles. The minimum absolute atomic E-state index is 0.0297. The van der Waals surface area contributed by atoms with Crippen LogP contribution < -0.4 is 0 Å². The van der Waals surface area contributed by atoms with Gasteiger partial charge in [-0.3, -0.25) is 9.59 Å². The number of rotatable bonds is 9. The van der Waals surface area contributed by atoms with Crippen molar-refractivity contribution in [3.8, 4) is 0 Å². The topological polar surface area (TPSA) is 83.8 Å². The third-order valence-corrected chi connectivity index (χ3v) is 4.12. The number of aliphatic hydroxyl groups is 2. The largest absolute Gasteiger partial charge is 0.463 e. The number of esters is 1. The van der Waals surface area contributed by atoms with E-state index in [9.17, 15) is 14.7 Å². The number of hydrogen-bond donors (Lipinski definition) is 2. The first-order chi connectivity index (χ1) is 12.5. The van der Waals surface area contributed by atoms with Crippen molar-refractivity contribution in [2.45, 2.75) is 25.9 Å². The third kappa shape index (κ3) is 5.79. The Morgan fingerprint density at radius 3 is 2.42 bits per heavy atom. The number of aryl methyl sites for hydroxylation is 1. The normalized spacial score (nSPS) is 13.0. The number of carbonyl (C=O) groups is 2. The van der Waals surface area contributed by atoms with Crippen molar-refractivity contribution in [3.63, 3.8) is 0 Å². The summed E-state index contributed by atoms with van der Waals surface area (Å²) < 4.78 is 4.96. The SMILES string of the molecule is CC(CCc1cccc(C(=O)c2ccccc2)c1)C(=O)OCC(O)CO. The van der Waals surface area contributed by atoms with Crippen molar-refractivity contribution in [3.05, 3.63) is 71.3 Å². The van der Waals surface area contributed by atoms with Crippen molar-refractivity contribution >= 4 is 11.8 Å². The molecule has 5 heteroatoms. The second-order valence-electron chi connectivity index (χ2n) is 6.30. The Morgan fingerprint density at radius 2 is 1.73 bits per heavy atom. The molecule has 5 nitrogen and oxygen atoms in total. The van der Waals surface area contributed by atoms with Crippen LogP contribution in [0.4, 0.5) is 0 Å². The van der Waals surface area contributed by atoms with Crippen molar-refractivity contribution in [2.24, 2.45) is 5.92 Å². The maximum absolute atomic E-state index is 12.5. The van der Waals surface area contributed by atoms with Crippen molar-refractivity contribution < 1.29 is 24.5 Å². The van der Waals surface area contributed by atoms with Gasteiger partial charge in [0.25, 0.3) is 0 Å². The van der Waals surface area contributed by atoms with E-state index in [2.05, 4.69) is 0 Å². The number of benzene rings is 2. The summed E-state index contributed by atoms with van der Waals surface area (Å²) in [6.45, 7) is 1.11. The van der Waals surface area contributed by atoms with Crippen molar-refractivity contribution in [2.75, 3.05) is 13.2 Å². The van der Waals surface area contributed by atoms with E-state index in [1.165, 1.54) is 0 Å². The van der Waals surface area contributed by atoms with Gasteiger partial charge in [0, 0.05) is 11.1 Å². The summed E-state index contributed by atoms with van der Waals surface area (Å²) in [6.07, 6.45) is 0.151. The van der Waals surface area contributed by atoms with Crippen molar-refractivity contribution in [1.29, 1.82) is 0 Å². The van der Waals surface area contributed by atoms with E-state index in [1.54, 1.807) is 25.1 Å². The number of hydrogen-bond acceptors (Lipinski definition) is 5. The first-order valence-electron chi connectivity index (χ1n) is 8.65. The standard InChI is InChI=1S/C21H24O5/c1-15(21(25)26-14-19(23)13-22)10-11-16-6-5-9-18(12-16)20(24)17-7-3-2-4-8-17/h2-9,12,15,19,22-23H,10-11,13-14H2,1H3. The third-order valence-electron chi connectivity index (χ3n) is 4.12. The molecule has 2 aromatic carbocycles. The average Bonchev–Trinajstić information content (AvgIpc) is 2.70. The number of ether oxygens (including phenoxy) is 1. The van der Waals surface area contributed by atoms with Gasteiger partial charge < -0.3 is 14.9 Å². The van der Waals surface area contributed by atoms with Crippen LogP contribution in [0.2, 0.25) is 0 Å². The van der Waals surface area contributed by atoms with Gasteiger partial charge in [-0.15, -0.1) is 0 Å². The second kappa shape index (κ2) is 9.85. The molecule has 0 radical (unpaired) electrons. The molecule has 0 aromatic heterocycles. The Balaban J connectivity index is 1.92. The number of carbonyl (C=O) groups excluding carboxylic acids is 2. The van der Waals surface area contributed by atoms with Crippen LogP contribution in [0.25, 0.3) is 0 Å². The predicted octanol–water partition coefficient (Wildman–Crippen LogP) is 2.38. The summed E-state index contributed by atoms with van der Waals surface area (Å²) in [5, 5.41) is 17.9. The van der Waals surface area contributed by atoms with E-state index >= 15 is 0 Å². The Labute approximate surface area is 153 Å². The number of ketones is 1. The van der Waals surface area contributed by atoms with Gasteiger partial charge >= 0.3 is 5.97 Å². The lowest BCUT2D eigenvalue weighted by atomic mass is 9.97. The maximum atomic E-state index is 12.5. The molecule has 2 atom stereocenters. The van der Waals surface area contributed by atoms with Gasteiger partial charge in [-0.25, -0.2) is 0 Å². The molecule has 138 valence electrons. The van der Waals surface area contributed by atoms with Gasteiger partial charge in [0.15, 0.2) is 5.78 Å². The highest BCUT2D eigenvalue weighted by Gasteiger charge is 2.16. The summed E-state index contributed by atoms with van der Waals surface area (Å²) in [7, 11) is 0. The zero-order chi connectivity index (χ0) is 18.9. The number of aliphatic hydroxyl groups excluding tert-OH is 2. The van der Waals surface area contributed by atoms with E-state index in [4.69, 9.17) is 9.84 Å². The zero-order valence-electron chi connectivity index (χ0n) is 14.8. The average molecular weight is 356 g/mol. The van der Waals surface area contributed by atoms with Gasteiger partial charge in [-0.1, -0.05) is 55.5 Å². The molecule has 2 aromatic rings. The van der Waals surface area contributed by atoms with Crippen LogP contribution in [-0.4, -0.2) is 41.3 Å². The van der Waals surface area contributed by atoms with Crippen LogP contribution >= 0.6 is 0 Å². The summed E-state index contributed by atoms with van der Waals surface area (Å²) in [5.74, 6) is -0.777. The highest BCUT2D eigenvalue weighted by molar-refractivity contribution is 6.09. The molecule has 0 fully saturated rings. The highest BCUT2D eigenvalue weighted by Crippen LogP contribution is 2.15. The van der Waals surface area contributed by atoms with Gasteiger partial charge in [0.2, 0.25) is 0 Å². The van der Waals surface area contributed by atoms with E-state index in [-0.39, 0.29) is 18.3 Å². The van der Waals surface area contributed by atoms with E-state index in [0.29, 0.717) is 24.0 Å². The van der Waals surface area contributed by atoms with E-state index < -0.39 is 18.7 Å². The lowest BCUT2D eigenvalue weighted by Crippen LogP contribution is -2.24. The fourth-order valence-corrected chi connectivity index (χ4v) is 2.50. The van der Waals surface area contributed by atoms with Gasteiger partial charge in [0.05, 0.1) is 12.5 Å². The van der Waals surface area contributed by atoms with Crippen molar-refractivity contribution in [1.82, 2.24) is 0 Å². The summed E-state index contributed by atoms with van der Waals surface area (Å²) in [5.41, 5.74) is 2.24. The molecular weight excluding hydrogens is 332 g/mol. The molecule has 2 N–H and O–H groups in total. The van der Waals surface area contributed by atoms with Crippen LogP contribution in [0.3, 0.4) is 0 Å². The predicted molar refractivity (Wildman–Crippen MR) is 97.9 cm³/mol. The maximum Gasteiger partial charge on any atom is 0.308 e. The van der Waals surface area contributed by atoms with Gasteiger partial charge in [0.1, 0.15) is 12.7 Å². The van der Waals surface area contributed by atoms with E-state index in [0.717, 1.165) is 5.56 Å². The van der Waals surface area contributed by atoms with Crippen LogP contribution in [-0.2, 0) is 16.0 Å². The van der Waals surface area contributed by atoms with Crippen LogP contribution in [0.1, 0.15) is 34.8 Å². The Bertz CT molecular complexity index is 726. The fourth-order valence-electron chi connectivity index (χ4n) is 2.50. The smallest absolute Gasteiger partial charge is 0.308 e. The minimum atomic E-state index is -1.05. The second-order valence-corrected chi connectivity index (χ2v) is 6.30. The zero-order valence-corrected chi connectivity index (χ0v) is 14.8. The first-order valence-corrected chi connectivity index (χ1v) is 8.65. The van der Waals surface area contributed by atoms with E-state index in [1.807, 2.05) is 36.4 Å². The molecule has 0 aliphatic heterocycles. The summed E-state index contributed by atoms with van der Waals surface area (Å²) in [6, 6.07) is 16.5. The summed E-state index contributed by atoms with van der Waals surface area (Å²) in [4.78, 5) is 24.4. The molecule has 0 bridgehead atoms. The first kappa shape index (κ1) is 19.8. The van der Waals surface area contributed by atoms with Crippen LogP contribution in [0.5, 0.6) is 0 Å². The molecule has 26 heavy (non-hydrogen) atoms. The minimum Gasteiger partial charge on any atom is -0.463 e. The molecule has 0 amide bonds. The Morgan fingerprint density at radius 1 is 1.04 bits per heavy atom. The molecule has 0 aliphatic carbocycles. The monoisotopic (exact) mass is 356 g/mol. The molecule has 0 spiro atoms. The molecule has 0 saturated heterocycles. The molecular formula is C21H24O5. The van der Waals surface area contributed by atoms with Crippen LogP contribution in [0.15, 0.2) is 54.6 Å². The molecule has 0 aliphatic rings. The lowest BCUT2D eigenvalue weighted by Gasteiger charge is -2.13. The molecule has 2 unspecified atom stereocenters. The summed E-state index contributed by atoms with van der Waals surface area (Å²) >= 11 is 0. The quantitative estimate of drug-likeness (QED) is 0.532. The van der Waals surface area contributed by atoms with Crippen LogP contribution in [0, 0.1) is 5.92 Å². The molecule has 2 rings (SSSR count). The van der Waals surface area contributed by atoms with Gasteiger partial charge in [-0.2, -0.15) is 0 Å². The Hall–Kier alpha value is -2.50. The Kier molecular flexibility index (Phi) is 7.51. The molecule has 0 saturated carbocycles. The lowest BCUT2D eigenvalue weighted by molar-refractivity contribution is -0.151. The fraction of sp³-hybridized carbons (Fsp3) is 0.333. The highest BCUT2D eigenvalue weighted by atomic mass is 16.5. The van der Waals surface area contributed by atoms with Gasteiger partial charge in [-0.05, 0) is 24.5 Å².